The van der Waals surface area contributed by atoms with Crippen molar-refractivity contribution in [2.24, 2.45) is 0 Å². The second kappa shape index (κ2) is 16.8. The van der Waals surface area contributed by atoms with Gasteiger partial charge in [0, 0.05) is 29.6 Å². The summed E-state index contributed by atoms with van der Waals surface area (Å²) in [5.41, 5.74) is 0. The fraction of sp³-hybridized carbons (Fsp3) is 1.00. The normalized spacial score (nSPS) is 9.86. The summed E-state index contributed by atoms with van der Waals surface area (Å²) >= 11 is 4.20. The maximum absolute atomic E-state index is 4.20. The topological polar surface area (TPSA) is 0 Å². The van der Waals surface area contributed by atoms with Crippen molar-refractivity contribution >= 4 is 42.2 Å². The van der Waals surface area contributed by atoms with Crippen molar-refractivity contribution in [3.8, 4) is 0 Å². The number of hydrogen-bond acceptors (Lipinski definition) is 1. The molecule has 0 saturated carbocycles. The molecule has 0 N–H and O–H groups in total. The number of unbranched alkanes of at least 4 members (excludes halogenated alkanes) is 9. The second-order valence-corrected chi connectivity index (χ2v) is 4.35. The summed E-state index contributed by atoms with van der Waals surface area (Å²) in [5.74, 6) is 1.07. The summed E-state index contributed by atoms with van der Waals surface area (Å²) in [4.78, 5) is 0. The van der Waals surface area contributed by atoms with E-state index in [1.807, 2.05) is 0 Å². The van der Waals surface area contributed by atoms with Crippen molar-refractivity contribution in [1.29, 1.82) is 0 Å². The van der Waals surface area contributed by atoms with Gasteiger partial charge in [-0.05, 0) is 12.2 Å². The molecule has 0 amide bonds. The summed E-state index contributed by atoms with van der Waals surface area (Å²) in [6, 6.07) is 0. The first-order valence-electron chi connectivity index (χ1n) is 6.02. The fourth-order valence-corrected chi connectivity index (χ4v) is 1.82. The van der Waals surface area contributed by atoms with Gasteiger partial charge >= 0.3 is 0 Å². The Bertz CT molecular complexity index is 76.4. The molecule has 0 aromatic heterocycles. The Morgan fingerprint density at radius 1 is 0.643 bits per heavy atom. The Labute approximate surface area is 118 Å². The van der Waals surface area contributed by atoms with E-state index >= 15 is 0 Å². The zero-order valence-electron chi connectivity index (χ0n) is 10.2. The van der Waals surface area contributed by atoms with E-state index in [0.29, 0.717) is 0 Å². The largest absolute Gasteiger partial charge is 0.179 e. The van der Waals surface area contributed by atoms with Crippen molar-refractivity contribution in [1.82, 2.24) is 0 Å². The first kappa shape index (κ1) is 17.7. The molecular weight excluding hydrogens is 199 g/mol. The molecule has 0 aliphatic carbocycles. The molecule has 14 heavy (non-hydrogen) atoms. The van der Waals surface area contributed by atoms with Gasteiger partial charge < -0.3 is 0 Å². The molecule has 0 rings (SSSR count). The standard InChI is InChI=1S/C12H26S.Na/c1-2-3-4-5-6-7-8-9-10-11-12-13;/h13H,2-12H2,1H3;. The van der Waals surface area contributed by atoms with E-state index in [1.165, 1.54) is 64.2 Å². The van der Waals surface area contributed by atoms with E-state index in [4.69, 9.17) is 0 Å². The van der Waals surface area contributed by atoms with E-state index in [1.54, 1.807) is 0 Å². The quantitative estimate of drug-likeness (QED) is 0.317. The summed E-state index contributed by atoms with van der Waals surface area (Å²) in [6.07, 6.45) is 14.2. The predicted molar refractivity (Wildman–Crippen MR) is 71.5 cm³/mol. The maximum atomic E-state index is 4.20. The third-order valence-corrected chi connectivity index (χ3v) is 2.83. The van der Waals surface area contributed by atoms with Gasteiger partial charge in [-0.15, -0.1) is 0 Å². The molecule has 0 atom stereocenters. The molecule has 0 aliphatic rings. The van der Waals surface area contributed by atoms with Crippen LogP contribution in [0.15, 0.2) is 0 Å². The van der Waals surface area contributed by atoms with Crippen LogP contribution in [-0.2, 0) is 0 Å². The van der Waals surface area contributed by atoms with Crippen LogP contribution < -0.4 is 0 Å². The van der Waals surface area contributed by atoms with Crippen molar-refractivity contribution in [3.63, 3.8) is 0 Å². The van der Waals surface area contributed by atoms with Crippen LogP contribution in [0.25, 0.3) is 0 Å². The van der Waals surface area contributed by atoms with E-state index in [9.17, 15) is 0 Å². The summed E-state index contributed by atoms with van der Waals surface area (Å²) in [7, 11) is 0. The Morgan fingerprint density at radius 3 is 1.36 bits per heavy atom. The number of rotatable bonds is 10. The molecule has 1 radical (unpaired) electrons. The third kappa shape index (κ3) is 15.8. The first-order valence-corrected chi connectivity index (χ1v) is 6.66. The molecule has 0 heterocycles. The number of thiol groups is 1. The Balaban J connectivity index is 0. The van der Waals surface area contributed by atoms with Crippen LogP contribution in [0.5, 0.6) is 0 Å². The molecule has 0 aromatic rings. The van der Waals surface area contributed by atoms with Gasteiger partial charge in [0.2, 0.25) is 0 Å². The van der Waals surface area contributed by atoms with Gasteiger partial charge in [-0.1, -0.05) is 64.7 Å². The third-order valence-electron chi connectivity index (χ3n) is 2.51. The van der Waals surface area contributed by atoms with E-state index in [2.05, 4.69) is 19.6 Å². The minimum Gasteiger partial charge on any atom is -0.179 e. The van der Waals surface area contributed by atoms with E-state index in [0.717, 1.165) is 5.75 Å². The fourth-order valence-electron chi connectivity index (χ4n) is 1.60. The smallest absolute Gasteiger partial charge is 0 e. The minimum absolute atomic E-state index is 0. The van der Waals surface area contributed by atoms with Gasteiger partial charge in [0.05, 0.1) is 0 Å². The first-order chi connectivity index (χ1) is 6.41. The van der Waals surface area contributed by atoms with Gasteiger partial charge in [0.25, 0.3) is 0 Å². The zero-order valence-corrected chi connectivity index (χ0v) is 13.1. The minimum atomic E-state index is 0. The van der Waals surface area contributed by atoms with Gasteiger partial charge in [-0.3, -0.25) is 0 Å². The van der Waals surface area contributed by atoms with Crippen molar-refractivity contribution in [2.75, 3.05) is 5.75 Å². The molecule has 0 fully saturated rings. The molecule has 0 bridgehead atoms. The van der Waals surface area contributed by atoms with E-state index < -0.39 is 0 Å². The summed E-state index contributed by atoms with van der Waals surface area (Å²) in [5, 5.41) is 0. The van der Waals surface area contributed by atoms with Crippen LogP contribution >= 0.6 is 12.6 Å². The Kier molecular flexibility index (Phi) is 21.2. The Hall–Kier alpha value is 1.35. The average Bonchev–Trinajstić information content (AvgIpc) is 2.16. The molecule has 0 aliphatic heterocycles. The van der Waals surface area contributed by atoms with Crippen LogP contribution in [0.3, 0.4) is 0 Å². The van der Waals surface area contributed by atoms with Gasteiger partial charge in [-0.25, -0.2) is 0 Å². The van der Waals surface area contributed by atoms with Gasteiger partial charge in [-0.2, -0.15) is 12.6 Å². The zero-order chi connectivity index (χ0) is 9.78. The van der Waals surface area contributed by atoms with Crippen LogP contribution in [0.1, 0.15) is 71.1 Å². The molecule has 0 spiro atoms. The number of hydrogen-bond donors (Lipinski definition) is 1. The van der Waals surface area contributed by atoms with E-state index in [-0.39, 0.29) is 29.6 Å². The summed E-state index contributed by atoms with van der Waals surface area (Å²) < 4.78 is 0. The summed E-state index contributed by atoms with van der Waals surface area (Å²) in [6.45, 7) is 2.28. The van der Waals surface area contributed by atoms with Crippen LogP contribution in [0.2, 0.25) is 0 Å². The van der Waals surface area contributed by atoms with Gasteiger partial charge in [0.15, 0.2) is 0 Å². The SMILES string of the molecule is CCCCCCCCCCCCS.[Na]. The molecule has 0 nitrogen and oxygen atoms in total. The van der Waals surface area contributed by atoms with Crippen LogP contribution in [0, 0.1) is 0 Å². The molecular formula is C12H26NaS. The predicted octanol–water partition coefficient (Wildman–Crippen LogP) is 4.46. The molecule has 81 valence electrons. The molecule has 0 saturated heterocycles. The van der Waals surface area contributed by atoms with Gasteiger partial charge in [0.1, 0.15) is 0 Å². The van der Waals surface area contributed by atoms with Crippen molar-refractivity contribution in [2.45, 2.75) is 71.1 Å². The average molecular weight is 225 g/mol. The maximum Gasteiger partial charge on any atom is 0 e. The monoisotopic (exact) mass is 225 g/mol. The van der Waals surface area contributed by atoms with Crippen molar-refractivity contribution in [3.05, 3.63) is 0 Å². The molecule has 2 heteroatoms. The van der Waals surface area contributed by atoms with Crippen LogP contribution in [0.4, 0.5) is 0 Å². The molecule has 0 aromatic carbocycles. The Morgan fingerprint density at radius 2 is 1.00 bits per heavy atom. The molecule has 0 unspecified atom stereocenters. The van der Waals surface area contributed by atoms with Crippen LogP contribution in [-0.4, -0.2) is 35.3 Å². The second-order valence-electron chi connectivity index (χ2n) is 3.91. The van der Waals surface area contributed by atoms with Crippen molar-refractivity contribution < 1.29 is 0 Å².